The Morgan fingerprint density at radius 2 is 1.76 bits per heavy atom. The number of methoxy groups -OCH3 is 1. The van der Waals surface area contributed by atoms with Crippen LogP contribution >= 0.6 is 0 Å². The van der Waals surface area contributed by atoms with Crippen LogP contribution in [0.3, 0.4) is 0 Å². The number of ketones is 1. The van der Waals surface area contributed by atoms with Gasteiger partial charge in [-0.2, -0.15) is 0 Å². The van der Waals surface area contributed by atoms with Gasteiger partial charge in [-0.15, -0.1) is 0 Å². The van der Waals surface area contributed by atoms with Gasteiger partial charge in [0.05, 0.1) is 12.7 Å². The van der Waals surface area contributed by atoms with Gasteiger partial charge in [0.15, 0.2) is 17.3 Å². The molecule has 2 aliphatic rings. The summed E-state index contributed by atoms with van der Waals surface area (Å²) in [6, 6.07) is 9.90. The summed E-state index contributed by atoms with van der Waals surface area (Å²) >= 11 is 0. The first-order chi connectivity index (χ1) is 14.1. The lowest BCUT2D eigenvalue weighted by molar-refractivity contribution is 0.0647. The van der Waals surface area contributed by atoms with Crippen LogP contribution < -0.4 is 14.2 Å². The molecular formula is C22H23NO6. The third kappa shape index (κ3) is 3.85. The molecule has 4 rings (SSSR count). The molecule has 0 saturated carbocycles. The fourth-order valence-corrected chi connectivity index (χ4v) is 3.77. The van der Waals surface area contributed by atoms with Crippen LogP contribution in [0.5, 0.6) is 23.0 Å². The predicted molar refractivity (Wildman–Crippen MR) is 105 cm³/mol. The van der Waals surface area contributed by atoms with Gasteiger partial charge >= 0.3 is 0 Å². The van der Waals surface area contributed by atoms with Crippen molar-refractivity contribution >= 4 is 11.7 Å². The van der Waals surface area contributed by atoms with Gasteiger partial charge in [0.25, 0.3) is 5.91 Å². The first-order valence-corrected chi connectivity index (χ1v) is 9.67. The van der Waals surface area contributed by atoms with E-state index >= 15 is 0 Å². The highest BCUT2D eigenvalue weighted by molar-refractivity contribution is 5.99. The van der Waals surface area contributed by atoms with Crippen molar-refractivity contribution in [3.8, 4) is 23.0 Å². The number of phenols is 1. The van der Waals surface area contributed by atoms with E-state index in [2.05, 4.69) is 0 Å². The molecule has 2 heterocycles. The molecule has 0 aliphatic carbocycles. The summed E-state index contributed by atoms with van der Waals surface area (Å²) in [5, 5.41) is 10.1. The van der Waals surface area contributed by atoms with E-state index in [1.807, 2.05) is 0 Å². The summed E-state index contributed by atoms with van der Waals surface area (Å²) in [5.74, 6) is 1.31. The molecule has 1 saturated heterocycles. The van der Waals surface area contributed by atoms with Gasteiger partial charge < -0.3 is 24.2 Å². The Labute approximate surface area is 168 Å². The molecule has 1 amide bonds. The standard InChI is InChI=1S/C22H23NO6/c1-27-16-3-4-17(18(24)13-16)22(26)23-8-6-14(7-9-23)21(25)15-2-5-19-20(12-15)29-11-10-28-19/h2-5,12-14,24H,6-11H2,1H3. The fourth-order valence-electron chi connectivity index (χ4n) is 3.77. The van der Waals surface area contributed by atoms with E-state index < -0.39 is 0 Å². The van der Waals surface area contributed by atoms with Gasteiger partial charge in [0, 0.05) is 30.6 Å². The number of phenolic OH excluding ortho intramolecular Hbond substituents is 1. The van der Waals surface area contributed by atoms with E-state index in [4.69, 9.17) is 14.2 Å². The monoisotopic (exact) mass is 397 g/mol. The highest BCUT2D eigenvalue weighted by atomic mass is 16.6. The van der Waals surface area contributed by atoms with Gasteiger partial charge in [-0.25, -0.2) is 0 Å². The number of carbonyl (C=O) groups excluding carboxylic acids is 2. The highest BCUT2D eigenvalue weighted by Crippen LogP contribution is 2.33. The lowest BCUT2D eigenvalue weighted by Gasteiger charge is -2.31. The second-order valence-electron chi connectivity index (χ2n) is 7.17. The lowest BCUT2D eigenvalue weighted by atomic mass is 9.88. The van der Waals surface area contributed by atoms with Crippen molar-refractivity contribution in [2.24, 2.45) is 5.92 Å². The van der Waals surface area contributed by atoms with E-state index in [0.29, 0.717) is 62.0 Å². The van der Waals surface area contributed by atoms with Crippen molar-refractivity contribution in [1.29, 1.82) is 0 Å². The van der Waals surface area contributed by atoms with Crippen LogP contribution in [0.25, 0.3) is 0 Å². The third-order valence-corrected chi connectivity index (χ3v) is 5.41. The minimum absolute atomic E-state index is 0.0568. The van der Waals surface area contributed by atoms with Gasteiger partial charge in [-0.05, 0) is 43.2 Å². The van der Waals surface area contributed by atoms with Gasteiger partial charge in [0.2, 0.25) is 0 Å². The SMILES string of the molecule is COc1ccc(C(=O)N2CCC(C(=O)c3ccc4c(c3)OCCO4)CC2)c(O)c1. The van der Waals surface area contributed by atoms with E-state index in [-0.39, 0.29) is 28.9 Å². The van der Waals surface area contributed by atoms with Crippen LogP contribution in [0.4, 0.5) is 0 Å². The van der Waals surface area contributed by atoms with E-state index in [1.54, 1.807) is 35.2 Å². The summed E-state index contributed by atoms with van der Waals surface area (Å²) in [6.45, 7) is 1.91. The first kappa shape index (κ1) is 19.1. The summed E-state index contributed by atoms with van der Waals surface area (Å²) in [7, 11) is 1.50. The van der Waals surface area contributed by atoms with Crippen molar-refractivity contribution in [3.63, 3.8) is 0 Å². The number of hydrogen-bond acceptors (Lipinski definition) is 6. The molecule has 1 fully saturated rings. The van der Waals surface area contributed by atoms with Gasteiger partial charge in [0.1, 0.15) is 24.7 Å². The number of amides is 1. The molecule has 7 nitrogen and oxygen atoms in total. The molecule has 7 heteroatoms. The number of benzene rings is 2. The number of fused-ring (bicyclic) bond motifs is 1. The Balaban J connectivity index is 1.40. The Kier molecular flexibility index (Phi) is 5.29. The van der Waals surface area contributed by atoms with Crippen LogP contribution in [0.15, 0.2) is 36.4 Å². The van der Waals surface area contributed by atoms with Crippen LogP contribution in [-0.4, -0.2) is 55.1 Å². The quantitative estimate of drug-likeness (QED) is 0.799. The molecule has 1 N–H and O–H groups in total. The number of ether oxygens (including phenoxy) is 3. The van der Waals surface area contributed by atoms with Crippen molar-refractivity contribution in [3.05, 3.63) is 47.5 Å². The average molecular weight is 397 g/mol. The number of carbonyl (C=O) groups is 2. The van der Waals surface area contributed by atoms with E-state index in [0.717, 1.165) is 0 Å². The molecule has 2 aliphatic heterocycles. The molecule has 2 aromatic rings. The summed E-state index contributed by atoms with van der Waals surface area (Å²) in [4.78, 5) is 27.3. The first-order valence-electron chi connectivity index (χ1n) is 9.67. The van der Waals surface area contributed by atoms with Gasteiger partial charge in [-0.1, -0.05) is 0 Å². The maximum absolute atomic E-state index is 12.9. The van der Waals surface area contributed by atoms with Crippen molar-refractivity contribution < 1.29 is 28.9 Å². The predicted octanol–water partition coefficient (Wildman–Crippen LogP) is 2.91. The smallest absolute Gasteiger partial charge is 0.257 e. The molecule has 0 unspecified atom stereocenters. The topological polar surface area (TPSA) is 85.3 Å². The fraction of sp³-hybridized carbons (Fsp3) is 0.364. The maximum atomic E-state index is 12.9. The molecular weight excluding hydrogens is 374 g/mol. The molecule has 0 atom stereocenters. The van der Waals surface area contributed by atoms with Crippen LogP contribution in [-0.2, 0) is 0 Å². The van der Waals surface area contributed by atoms with E-state index in [1.165, 1.54) is 13.2 Å². The van der Waals surface area contributed by atoms with Crippen molar-refractivity contribution in [2.75, 3.05) is 33.4 Å². The normalized spacial score (nSPS) is 16.4. The average Bonchev–Trinajstić information content (AvgIpc) is 2.77. The molecule has 0 aromatic heterocycles. The minimum Gasteiger partial charge on any atom is -0.507 e. The number of rotatable bonds is 4. The number of aromatic hydroxyl groups is 1. The third-order valence-electron chi connectivity index (χ3n) is 5.41. The minimum atomic E-state index is -0.240. The van der Waals surface area contributed by atoms with Gasteiger partial charge in [-0.3, -0.25) is 9.59 Å². The largest absolute Gasteiger partial charge is 0.507 e. The molecule has 152 valence electrons. The summed E-state index contributed by atoms with van der Waals surface area (Å²) < 4.78 is 16.1. The second-order valence-corrected chi connectivity index (χ2v) is 7.17. The van der Waals surface area contributed by atoms with Crippen LogP contribution in [0.2, 0.25) is 0 Å². The Morgan fingerprint density at radius 1 is 1.03 bits per heavy atom. The second kappa shape index (κ2) is 8.03. The van der Waals surface area contributed by atoms with Crippen LogP contribution in [0, 0.1) is 5.92 Å². The Morgan fingerprint density at radius 3 is 2.45 bits per heavy atom. The number of piperidine rings is 1. The lowest BCUT2D eigenvalue weighted by Crippen LogP contribution is -2.40. The number of nitrogens with zero attached hydrogens (tertiary/aromatic N) is 1. The van der Waals surface area contributed by atoms with E-state index in [9.17, 15) is 14.7 Å². The molecule has 0 radical (unpaired) electrons. The zero-order valence-corrected chi connectivity index (χ0v) is 16.2. The zero-order valence-electron chi connectivity index (χ0n) is 16.2. The molecule has 0 spiro atoms. The Bertz CT molecular complexity index is 933. The summed E-state index contributed by atoms with van der Waals surface area (Å²) in [6.07, 6.45) is 1.16. The molecule has 29 heavy (non-hydrogen) atoms. The zero-order chi connectivity index (χ0) is 20.4. The van der Waals surface area contributed by atoms with Crippen LogP contribution in [0.1, 0.15) is 33.6 Å². The molecule has 2 aromatic carbocycles. The maximum Gasteiger partial charge on any atom is 0.257 e. The molecule has 0 bridgehead atoms. The highest BCUT2D eigenvalue weighted by Gasteiger charge is 2.30. The number of hydrogen-bond donors (Lipinski definition) is 1. The van der Waals surface area contributed by atoms with Crippen molar-refractivity contribution in [1.82, 2.24) is 4.90 Å². The van der Waals surface area contributed by atoms with Crippen molar-refractivity contribution in [2.45, 2.75) is 12.8 Å². The Hall–Kier alpha value is -3.22. The summed E-state index contributed by atoms with van der Waals surface area (Å²) in [5.41, 5.74) is 0.842. The number of likely N-dealkylation sites (tertiary alicyclic amines) is 1. The number of Topliss-reactive ketones (excluding diaryl/α,β-unsaturated/α-hetero) is 1.